The molecule has 31 heavy (non-hydrogen) atoms. The monoisotopic (exact) mass is 420 g/mol. The molecule has 1 N–H and O–H groups in total. The van der Waals surface area contributed by atoms with Gasteiger partial charge < -0.3 is 14.4 Å². The smallest absolute Gasteiger partial charge is 0.338 e. The number of carbonyl (C=O) groups is 1. The molecule has 2 aliphatic rings. The summed E-state index contributed by atoms with van der Waals surface area (Å²) in [5.74, 6) is -0.431. The van der Waals surface area contributed by atoms with Crippen molar-refractivity contribution in [3.8, 4) is 11.3 Å². The molecule has 0 radical (unpaired) electrons. The largest absolute Gasteiger partial charge is 0.459 e. The normalized spacial score (nSPS) is 23.1. The first-order chi connectivity index (χ1) is 15.1. The van der Waals surface area contributed by atoms with Crippen molar-refractivity contribution < 1.29 is 19.0 Å². The lowest BCUT2D eigenvalue weighted by atomic mass is 9.81. The fraction of sp³-hybridized carbons (Fsp3) is 0.360. The highest BCUT2D eigenvalue weighted by Crippen LogP contribution is 2.44. The Kier molecular flexibility index (Phi) is 5.32. The lowest BCUT2D eigenvalue weighted by Gasteiger charge is -2.32. The van der Waals surface area contributed by atoms with Crippen LogP contribution >= 0.6 is 0 Å². The molecule has 1 saturated carbocycles. The first-order valence-corrected chi connectivity index (χ1v) is 10.9. The van der Waals surface area contributed by atoms with Gasteiger partial charge in [0.1, 0.15) is 11.9 Å². The Hall–Kier alpha value is -2.99. The molecule has 160 valence electrons. The zero-order valence-corrected chi connectivity index (χ0v) is 17.2. The number of hydrogen-bond donors (Lipinski definition) is 1. The molecule has 0 amide bonds. The van der Waals surface area contributed by atoms with Crippen LogP contribution in [0.4, 0.5) is 4.39 Å². The van der Waals surface area contributed by atoms with Crippen LogP contribution in [-0.4, -0.2) is 32.8 Å². The van der Waals surface area contributed by atoms with Gasteiger partial charge in [-0.05, 0) is 56.2 Å². The average molecular weight is 420 g/mol. The molecule has 2 heterocycles. The number of aliphatic hydroxyl groups excluding tert-OH is 1. The predicted octanol–water partition coefficient (Wildman–Crippen LogP) is 4.76. The van der Waals surface area contributed by atoms with E-state index in [2.05, 4.69) is 4.98 Å². The van der Waals surface area contributed by atoms with E-state index in [-0.39, 0.29) is 29.9 Å². The number of benzene rings is 2. The Balaban J connectivity index is 1.21. The van der Waals surface area contributed by atoms with E-state index >= 15 is 0 Å². The van der Waals surface area contributed by atoms with Crippen molar-refractivity contribution in [2.75, 3.05) is 0 Å². The molecule has 0 saturated heterocycles. The van der Waals surface area contributed by atoms with Crippen LogP contribution in [0.1, 0.15) is 54.1 Å². The number of carbonyl (C=O) groups excluding carboxylic acids is 1. The van der Waals surface area contributed by atoms with Crippen molar-refractivity contribution in [3.05, 3.63) is 78.0 Å². The number of aromatic nitrogens is 2. The molecule has 5 rings (SSSR count). The summed E-state index contributed by atoms with van der Waals surface area (Å²) in [6.07, 6.45) is 6.23. The number of rotatable bonds is 5. The predicted molar refractivity (Wildman–Crippen MR) is 114 cm³/mol. The van der Waals surface area contributed by atoms with Gasteiger partial charge in [-0.15, -0.1) is 0 Å². The van der Waals surface area contributed by atoms with Crippen LogP contribution < -0.4 is 0 Å². The summed E-state index contributed by atoms with van der Waals surface area (Å²) in [6.45, 7) is 0. The second-order valence-electron chi connectivity index (χ2n) is 8.51. The SMILES string of the molecule is O=C(O[C@H]1CC[C@@H](C(O)CC2c3c(F)cccc3-c3cncn32)CC1)c1ccccc1. The average Bonchev–Trinajstić information content (AvgIpc) is 3.38. The first-order valence-electron chi connectivity index (χ1n) is 10.9. The van der Waals surface area contributed by atoms with E-state index in [0.29, 0.717) is 17.5 Å². The van der Waals surface area contributed by atoms with E-state index < -0.39 is 6.10 Å². The third-order valence-corrected chi connectivity index (χ3v) is 6.67. The zero-order valence-electron chi connectivity index (χ0n) is 17.2. The minimum atomic E-state index is -0.559. The van der Waals surface area contributed by atoms with Gasteiger partial charge in [0.15, 0.2) is 0 Å². The highest BCUT2D eigenvalue weighted by molar-refractivity contribution is 5.89. The fourth-order valence-corrected chi connectivity index (χ4v) is 5.04. The van der Waals surface area contributed by atoms with Crippen LogP contribution in [0.25, 0.3) is 11.3 Å². The van der Waals surface area contributed by atoms with Crippen LogP contribution in [0.5, 0.6) is 0 Å². The van der Waals surface area contributed by atoms with Gasteiger partial charge in [-0.1, -0.05) is 30.3 Å². The van der Waals surface area contributed by atoms with Crippen LogP contribution in [0.2, 0.25) is 0 Å². The highest BCUT2D eigenvalue weighted by atomic mass is 19.1. The Bertz CT molecular complexity index is 1070. The number of esters is 1. The summed E-state index contributed by atoms with van der Waals surface area (Å²) in [6, 6.07) is 13.8. The van der Waals surface area contributed by atoms with E-state index in [4.69, 9.17) is 4.74 Å². The number of imidazole rings is 1. The molecule has 6 heteroatoms. The van der Waals surface area contributed by atoms with E-state index in [1.165, 1.54) is 6.07 Å². The maximum Gasteiger partial charge on any atom is 0.338 e. The lowest BCUT2D eigenvalue weighted by Crippen LogP contribution is -2.31. The van der Waals surface area contributed by atoms with Crippen molar-refractivity contribution in [1.82, 2.24) is 9.55 Å². The number of nitrogens with zero attached hydrogens (tertiary/aromatic N) is 2. The van der Waals surface area contributed by atoms with Crippen molar-refractivity contribution in [2.45, 2.75) is 50.4 Å². The number of halogens is 1. The lowest BCUT2D eigenvalue weighted by molar-refractivity contribution is 0.000754. The summed E-state index contributed by atoms with van der Waals surface area (Å²) >= 11 is 0. The van der Waals surface area contributed by atoms with Crippen molar-refractivity contribution in [2.24, 2.45) is 5.92 Å². The van der Waals surface area contributed by atoms with Gasteiger partial charge in [0.2, 0.25) is 0 Å². The van der Waals surface area contributed by atoms with Gasteiger partial charge in [-0.2, -0.15) is 0 Å². The molecule has 1 aliphatic carbocycles. The van der Waals surface area contributed by atoms with Gasteiger partial charge in [0.05, 0.1) is 35.9 Å². The third kappa shape index (κ3) is 3.76. The Morgan fingerprint density at radius 3 is 2.68 bits per heavy atom. The van der Waals surface area contributed by atoms with E-state index in [0.717, 1.165) is 36.9 Å². The minimum absolute atomic E-state index is 0.106. The van der Waals surface area contributed by atoms with Crippen LogP contribution in [0.15, 0.2) is 61.1 Å². The molecule has 2 aromatic carbocycles. The number of hydrogen-bond acceptors (Lipinski definition) is 4. The van der Waals surface area contributed by atoms with Crippen LogP contribution in [0.3, 0.4) is 0 Å². The van der Waals surface area contributed by atoms with Crippen LogP contribution in [-0.2, 0) is 4.74 Å². The molecule has 5 nitrogen and oxygen atoms in total. The van der Waals surface area contributed by atoms with Crippen molar-refractivity contribution in [1.29, 1.82) is 0 Å². The van der Waals surface area contributed by atoms with Gasteiger partial charge in [0, 0.05) is 11.1 Å². The van der Waals surface area contributed by atoms with Crippen LogP contribution in [0, 0.1) is 11.7 Å². The van der Waals surface area contributed by atoms with E-state index in [1.807, 2.05) is 28.8 Å². The molecule has 1 aliphatic heterocycles. The fourth-order valence-electron chi connectivity index (χ4n) is 5.04. The summed E-state index contributed by atoms with van der Waals surface area (Å²) in [7, 11) is 0. The van der Waals surface area contributed by atoms with E-state index in [1.54, 1.807) is 30.7 Å². The quantitative estimate of drug-likeness (QED) is 0.605. The minimum Gasteiger partial charge on any atom is -0.459 e. The zero-order chi connectivity index (χ0) is 21.4. The molecule has 2 unspecified atom stereocenters. The Labute approximate surface area is 180 Å². The van der Waals surface area contributed by atoms with Gasteiger partial charge in [0.25, 0.3) is 0 Å². The molecule has 0 bridgehead atoms. The summed E-state index contributed by atoms with van der Waals surface area (Å²) in [4.78, 5) is 16.5. The van der Waals surface area contributed by atoms with E-state index in [9.17, 15) is 14.3 Å². The molecule has 3 aromatic rings. The van der Waals surface area contributed by atoms with Gasteiger partial charge >= 0.3 is 5.97 Å². The summed E-state index contributed by atoms with van der Waals surface area (Å²) in [5, 5.41) is 11.0. The molecule has 1 fully saturated rings. The maximum absolute atomic E-state index is 14.6. The van der Waals surface area contributed by atoms with Gasteiger partial charge in [-0.25, -0.2) is 14.2 Å². The number of aliphatic hydroxyl groups is 1. The third-order valence-electron chi connectivity index (χ3n) is 6.67. The van der Waals surface area contributed by atoms with Crippen molar-refractivity contribution >= 4 is 5.97 Å². The number of fused-ring (bicyclic) bond motifs is 3. The Morgan fingerprint density at radius 1 is 1.13 bits per heavy atom. The highest BCUT2D eigenvalue weighted by Gasteiger charge is 2.36. The van der Waals surface area contributed by atoms with Gasteiger partial charge in [-0.3, -0.25) is 0 Å². The molecule has 0 spiro atoms. The summed E-state index contributed by atoms with van der Waals surface area (Å²) in [5.41, 5.74) is 2.95. The molecule has 2 atom stereocenters. The Morgan fingerprint density at radius 2 is 1.90 bits per heavy atom. The second kappa shape index (κ2) is 8.27. The molecule has 1 aromatic heterocycles. The second-order valence-corrected chi connectivity index (χ2v) is 8.51. The number of ether oxygens (including phenoxy) is 1. The maximum atomic E-state index is 14.6. The van der Waals surface area contributed by atoms with Crippen molar-refractivity contribution in [3.63, 3.8) is 0 Å². The summed E-state index contributed by atoms with van der Waals surface area (Å²) < 4.78 is 22.2. The molecular formula is C25H25FN2O3. The topological polar surface area (TPSA) is 64.3 Å². The standard InChI is InChI=1S/C25H25FN2O3/c26-20-8-4-7-19-22-14-27-15-28(22)21(24(19)20)13-23(29)16-9-11-18(12-10-16)31-25(30)17-5-2-1-3-6-17/h1-8,14-16,18,21,23,29H,9-13H2/t16-,18+,21?,23?. The first kappa shape index (κ1) is 19.9. The molecular weight excluding hydrogens is 395 g/mol.